The Bertz CT molecular complexity index is 528. The lowest BCUT2D eigenvalue weighted by atomic mass is 10.2. The zero-order valence-electron chi connectivity index (χ0n) is 9.61. The highest BCUT2D eigenvalue weighted by Gasteiger charge is 2.14. The molecule has 0 saturated carbocycles. The number of carbonyl (C=O) groups excluding carboxylic acids is 1. The molecule has 18 heavy (non-hydrogen) atoms. The Morgan fingerprint density at radius 3 is 2.78 bits per heavy atom. The maximum Gasteiger partial charge on any atom is 0.237 e. The van der Waals surface area contributed by atoms with E-state index in [4.69, 9.17) is 11.5 Å². The van der Waals surface area contributed by atoms with Crippen molar-refractivity contribution in [1.29, 1.82) is 0 Å². The van der Waals surface area contributed by atoms with Crippen molar-refractivity contribution in [2.24, 2.45) is 5.73 Å². The van der Waals surface area contributed by atoms with Crippen molar-refractivity contribution in [3.63, 3.8) is 0 Å². The van der Waals surface area contributed by atoms with Crippen molar-refractivity contribution in [1.82, 2.24) is 10.2 Å². The van der Waals surface area contributed by atoms with E-state index in [9.17, 15) is 4.79 Å². The molecule has 94 valence electrons. The van der Waals surface area contributed by atoms with Gasteiger partial charge in [-0.05, 0) is 11.6 Å². The minimum absolute atomic E-state index is 0.0868. The van der Waals surface area contributed by atoms with Gasteiger partial charge in [0.2, 0.25) is 11.0 Å². The average Bonchev–Trinajstić information content (AvgIpc) is 2.84. The number of anilines is 2. The second-order valence-corrected chi connectivity index (χ2v) is 4.55. The fraction of sp³-hybridized carbons (Fsp3) is 0.182. The lowest BCUT2D eigenvalue weighted by Gasteiger charge is -2.20. The molecular weight excluding hydrogens is 250 g/mol. The molecule has 6 nitrogen and oxygen atoms in total. The van der Waals surface area contributed by atoms with Crippen molar-refractivity contribution >= 4 is 28.1 Å². The van der Waals surface area contributed by atoms with Gasteiger partial charge in [-0.3, -0.25) is 4.79 Å². The van der Waals surface area contributed by atoms with Gasteiger partial charge in [-0.2, -0.15) is 0 Å². The largest absolute Gasteiger partial charge is 0.398 e. The van der Waals surface area contributed by atoms with Crippen LogP contribution < -0.4 is 16.4 Å². The van der Waals surface area contributed by atoms with E-state index in [1.54, 1.807) is 10.4 Å². The topological polar surface area (TPSA) is 98.1 Å². The van der Waals surface area contributed by atoms with Crippen molar-refractivity contribution < 1.29 is 4.79 Å². The standard InChI is InChI=1S/C11H13N5OS/c12-9-4-2-1-3-8(9)5-16(6-10(13)17)11-15-14-7-18-11/h1-4,7H,5-6,12H2,(H2,13,17). The van der Waals surface area contributed by atoms with Gasteiger partial charge < -0.3 is 16.4 Å². The van der Waals surface area contributed by atoms with E-state index in [-0.39, 0.29) is 6.54 Å². The summed E-state index contributed by atoms with van der Waals surface area (Å²) in [6.07, 6.45) is 0. The fourth-order valence-corrected chi connectivity index (χ4v) is 2.13. The van der Waals surface area contributed by atoms with Crippen LogP contribution in [0.4, 0.5) is 10.8 Å². The maximum atomic E-state index is 11.1. The third-order valence-corrected chi connectivity index (χ3v) is 3.13. The molecule has 0 aliphatic rings. The lowest BCUT2D eigenvalue weighted by molar-refractivity contribution is -0.116. The van der Waals surface area contributed by atoms with E-state index in [1.807, 2.05) is 24.3 Å². The Morgan fingerprint density at radius 2 is 2.17 bits per heavy atom. The van der Waals surface area contributed by atoms with Gasteiger partial charge in [0, 0.05) is 12.2 Å². The second-order valence-electron chi connectivity index (χ2n) is 3.74. The highest BCUT2D eigenvalue weighted by Crippen LogP contribution is 2.20. The molecule has 1 amide bonds. The number of nitrogens with zero attached hydrogens (tertiary/aromatic N) is 3. The highest BCUT2D eigenvalue weighted by molar-refractivity contribution is 7.13. The summed E-state index contributed by atoms with van der Waals surface area (Å²) >= 11 is 1.35. The fourth-order valence-electron chi connectivity index (χ4n) is 1.57. The van der Waals surface area contributed by atoms with Crippen LogP contribution >= 0.6 is 11.3 Å². The molecule has 0 aliphatic heterocycles. The number of aromatic nitrogens is 2. The normalized spacial score (nSPS) is 10.2. The summed E-state index contributed by atoms with van der Waals surface area (Å²) in [5.74, 6) is -0.417. The summed E-state index contributed by atoms with van der Waals surface area (Å²) in [7, 11) is 0. The predicted octanol–water partition coefficient (Wildman–Crippen LogP) is 0.612. The van der Waals surface area contributed by atoms with Crippen LogP contribution in [-0.2, 0) is 11.3 Å². The summed E-state index contributed by atoms with van der Waals surface area (Å²) in [5.41, 5.74) is 14.3. The molecule has 1 aromatic carbocycles. The van der Waals surface area contributed by atoms with E-state index in [1.165, 1.54) is 11.3 Å². The van der Waals surface area contributed by atoms with Crippen LogP contribution in [0.1, 0.15) is 5.56 Å². The molecule has 0 atom stereocenters. The number of hydrogen-bond donors (Lipinski definition) is 2. The summed E-state index contributed by atoms with van der Waals surface area (Å²) in [5, 5.41) is 8.35. The zero-order chi connectivity index (χ0) is 13.0. The number of benzene rings is 1. The zero-order valence-corrected chi connectivity index (χ0v) is 10.4. The van der Waals surface area contributed by atoms with Gasteiger partial charge in [0.15, 0.2) is 0 Å². The van der Waals surface area contributed by atoms with Gasteiger partial charge in [-0.15, -0.1) is 10.2 Å². The SMILES string of the molecule is NC(=O)CN(Cc1ccccc1N)c1nncs1. The molecule has 0 spiro atoms. The van der Waals surface area contributed by atoms with Gasteiger partial charge in [0.25, 0.3) is 0 Å². The number of nitrogen functional groups attached to an aromatic ring is 1. The van der Waals surface area contributed by atoms with Crippen LogP contribution in [-0.4, -0.2) is 22.6 Å². The van der Waals surface area contributed by atoms with Crippen LogP contribution in [0, 0.1) is 0 Å². The first kappa shape index (κ1) is 12.3. The molecule has 2 rings (SSSR count). The van der Waals surface area contributed by atoms with Crippen LogP contribution in [0.3, 0.4) is 0 Å². The molecule has 7 heteroatoms. The molecule has 2 aromatic rings. The molecule has 0 bridgehead atoms. The van der Waals surface area contributed by atoms with Gasteiger partial charge in [0.1, 0.15) is 5.51 Å². The van der Waals surface area contributed by atoms with Crippen molar-refractivity contribution in [2.45, 2.75) is 6.54 Å². The number of rotatable bonds is 5. The maximum absolute atomic E-state index is 11.1. The summed E-state index contributed by atoms with van der Waals surface area (Å²) in [6, 6.07) is 7.48. The Labute approximate surface area is 108 Å². The Kier molecular flexibility index (Phi) is 3.73. The van der Waals surface area contributed by atoms with Gasteiger partial charge in [0.05, 0.1) is 6.54 Å². The summed E-state index contributed by atoms with van der Waals surface area (Å²) in [6.45, 7) is 0.564. The first-order valence-electron chi connectivity index (χ1n) is 5.29. The second kappa shape index (κ2) is 5.46. The molecule has 0 saturated heterocycles. The Morgan fingerprint density at radius 1 is 1.39 bits per heavy atom. The molecule has 4 N–H and O–H groups in total. The van der Waals surface area contributed by atoms with Gasteiger partial charge in [-0.25, -0.2) is 0 Å². The smallest absolute Gasteiger partial charge is 0.237 e. The van der Waals surface area contributed by atoms with E-state index in [2.05, 4.69) is 10.2 Å². The van der Waals surface area contributed by atoms with E-state index in [0.29, 0.717) is 17.4 Å². The number of hydrogen-bond acceptors (Lipinski definition) is 6. The predicted molar refractivity (Wildman–Crippen MR) is 71.0 cm³/mol. The van der Waals surface area contributed by atoms with Crippen LogP contribution in [0.15, 0.2) is 29.8 Å². The monoisotopic (exact) mass is 263 g/mol. The van der Waals surface area contributed by atoms with E-state index in [0.717, 1.165) is 5.56 Å². The quantitative estimate of drug-likeness (QED) is 0.770. The summed E-state index contributed by atoms with van der Waals surface area (Å²) < 4.78 is 0. The lowest BCUT2D eigenvalue weighted by Crippen LogP contribution is -2.33. The molecule has 0 radical (unpaired) electrons. The van der Waals surface area contributed by atoms with Crippen molar-refractivity contribution in [2.75, 3.05) is 17.2 Å². The van der Waals surface area contributed by atoms with Gasteiger partial charge in [-0.1, -0.05) is 29.5 Å². The van der Waals surface area contributed by atoms with E-state index < -0.39 is 5.91 Å². The third kappa shape index (κ3) is 2.95. The molecule has 0 unspecified atom stereocenters. The number of primary amides is 1. The third-order valence-electron chi connectivity index (χ3n) is 2.38. The van der Waals surface area contributed by atoms with Crippen LogP contribution in [0.25, 0.3) is 0 Å². The molecule has 1 heterocycles. The number of carbonyl (C=O) groups is 1. The molecular formula is C11H13N5OS. The first-order valence-corrected chi connectivity index (χ1v) is 6.17. The van der Waals surface area contributed by atoms with Crippen LogP contribution in [0.5, 0.6) is 0 Å². The Hall–Kier alpha value is -2.15. The average molecular weight is 263 g/mol. The molecule has 0 aliphatic carbocycles. The Balaban J connectivity index is 2.20. The number of nitrogens with two attached hydrogens (primary N) is 2. The van der Waals surface area contributed by atoms with Crippen molar-refractivity contribution in [3.05, 3.63) is 35.3 Å². The van der Waals surface area contributed by atoms with Gasteiger partial charge >= 0.3 is 0 Å². The number of amides is 1. The first-order chi connectivity index (χ1) is 8.66. The summed E-state index contributed by atoms with van der Waals surface area (Å²) in [4.78, 5) is 12.8. The van der Waals surface area contributed by atoms with Crippen LogP contribution in [0.2, 0.25) is 0 Å². The molecule has 0 fully saturated rings. The number of para-hydroxylation sites is 1. The minimum Gasteiger partial charge on any atom is -0.398 e. The van der Waals surface area contributed by atoms with E-state index >= 15 is 0 Å². The minimum atomic E-state index is -0.417. The van der Waals surface area contributed by atoms with Crippen molar-refractivity contribution in [3.8, 4) is 0 Å². The molecule has 1 aromatic heterocycles. The highest BCUT2D eigenvalue weighted by atomic mass is 32.1.